The van der Waals surface area contributed by atoms with Gasteiger partial charge in [-0.05, 0) is 81.1 Å². The summed E-state index contributed by atoms with van der Waals surface area (Å²) in [6.07, 6.45) is 11.3. The molecule has 37 heavy (non-hydrogen) atoms. The Bertz CT molecular complexity index is 1140. The average molecular weight is 516 g/mol. The molecule has 0 unspecified atom stereocenters. The summed E-state index contributed by atoms with van der Waals surface area (Å²) in [4.78, 5) is 1.39. The molecule has 2 heteroatoms. The molecule has 1 fully saturated rings. The highest BCUT2D eigenvalue weighted by Crippen LogP contribution is 2.48. The van der Waals surface area contributed by atoms with Crippen molar-refractivity contribution >= 4 is 16.7 Å². The Kier molecular flexibility index (Phi) is 10.9. The quantitative estimate of drug-likeness (QED) is 0.216. The van der Waals surface area contributed by atoms with Gasteiger partial charge in [-0.2, -0.15) is 5.26 Å². The average Bonchev–Trinajstić information content (AvgIpc) is 3.61. The van der Waals surface area contributed by atoms with E-state index < -0.39 is 0 Å². The highest BCUT2D eigenvalue weighted by molar-refractivity contribution is 8.09. The van der Waals surface area contributed by atoms with Crippen LogP contribution in [0, 0.1) is 23.7 Å². The van der Waals surface area contributed by atoms with Gasteiger partial charge in [-0.3, -0.25) is 0 Å². The van der Waals surface area contributed by atoms with Crippen LogP contribution in [-0.2, 0) is 0 Å². The lowest BCUT2D eigenvalue weighted by Crippen LogP contribution is -2.17. The Morgan fingerprint density at radius 3 is 2.22 bits per heavy atom. The molecule has 1 aliphatic rings. The summed E-state index contributed by atoms with van der Waals surface area (Å²) in [5.74, 6) is 0.476. The highest BCUT2D eigenvalue weighted by Gasteiger charge is 2.33. The van der Waals surface area contributed by atoms with E-state index in [1.807, 2.05) is 17.8 Å². The second-order valence-corrected chi connectivity index (χ2v) is 14.6. The van der Waals surface area contributed by atoms with Crippen LogP contribution >= 0.6 is 11.8 Å². The Morgan fingerprint density at radius 2 is 1.73 bits per heavy atom. The molecule has 200 valence electrons. The fraction of sp³-hybridized carbons (Fsp3) is 0.514. The molecule has 1 aliphatic carbocycles. The molecule has 0 aromatic heterocycles. The van der Waals surface area contributed by atoms with E-state index in [1.165, 1.54) is 43.9 Å². The molecule has 1 aromatic carbocycles. The van der Waals surface area contributed by atoms with Gasteiger partial charge in [-0.25, -0.2) is 0 Å². The molecular formula is C35H49NS. The maximum absolute atomic E-state index is 10.1. The third kappa shape index (κ3) is 9.54. The molecule has 0 saturated heterocycles. The number of rotatable bonds is 11. The summed E-state index contributed by atoms with van der Waals surface area (Å²) in [5, 5.41) is 10.1. The van der Waals surface area contributed by atoms with Crippen LogP contribution in [-0.4, -0.2) is 4.75 Å². The monoisotopic (exact) mass is 515 g/mol. The van der Waals surface area contributed by atoms with Gasteiger partial charge in [-0.15, -0.1) is 11.8 Å². The Morgan fingerprint density at radius 1 is 1.08 bits per heavy atom. The minimum absolute atomic E-state index is 0.0667. The minimum Gasteiger partial charge on any atom is -0.193 e. The number of benzene rings is 1. The minimum atomic E-state index is -0.193. The standard InChI is InChI=1S/C35H49NS/c1-12-27(15-13-24(2)3)16-18-30(22-35(10,11)32(23-36)28-19-20-28)33(37-34(7,8)9)31-21-29(25(4)5)17-14-26(31)6/h12-15,17,21,25H,1,16,18-20,22H2,2-11H3/b27-15+,33-30-. The van der Waals surface area contributed by atoms with E-state index in [1.54, 1.807) is 0 Å². The first-order chi connectivity index (χ1) is 17.2. The first-order valence-corrected chi connectivity index (χ1v) is 14.6. The molecule has 0 atom stereocenters. The van der Waals surface area contributed by atoms with E-state index in [0.29, 0.717) is 5.92 Å². The highest BCUT2D eigenvalue weighted by atomic mass is 32.2. The topological polar surface area (TPSA) is 23.8 Å². The normalized spacial score (nSPS) is 14.8. The fourth-order valence-corrected chi connectivity index (χ4v) is 5.88. The molecule has 2 rings (SSSR count). The van der Waals surface area contributed by atoms with E-state index in [4.69, 9.17) is 0 Å². The van der Waals surface area contributed by atoms with Crippen molar-refractivity contribution in [2.75, 3.05) is 0 Å². The predicted octanol–water partition coefficient (Wildman–Crippen LogP) is 11.3. The molecule has 1 nitrogen and oxygen atoms in total. The van der Waals surface area contributed by atoms with E-state index in [9.17, 15) is 5.26 Å². The molecule has 1 saturated carbocycles. The van der Waals surface area contributed by atoms with Crippen molar-refractivity contribution < 1.29 is 0 Å². The lowest BCUT2D eigenvalue weighted by molar-refractivity contribution is 0.447. The number of thioether (sulfide) groups is 1. The molecular weight excluding hydrogens is 466 g/mol. The van der Waals surface area contributed by atoms with Crippen molar-refractivity contribution in [1.29, 1.82) is 5.26 Å². The lowest BCUT2D eigenvalue weighted by Gasteiger charge is -2.30. The van der Waals surface area contributed by atoms with Gasteiger partial charge in [-0.1, -0.05) is 108 Å². The smallest absolute Gasteiger partial charge is 0.0952 e. The molecule has 0 N–H and O–H groups in total. The van der Waals surface area contributed by atoms with E-state index in [0.717, 1.165) is 37.7 Å². The van der Waals surface area contributed by atoms with Gasteiger partial charge in [0.1, 0.15) is 0 Å². The first kappa shape index (κ1) is 31.0. The Balaban J connectivity index is 2.74. The van der Waals surface area contributed by atoms with Crippen LogP contribution in [0.2, 0.25) is 0 Å². The zero-order valence-electron chi connectivity index (χ0n) is 25.1. The number of allylic oxidation sites excluding steroid dienone is 8. The lowest BCUT2D eigenvalue weighted by atomic mass is 9.77. The van der Waals surface area contributed by atoms with Crippen LogP contribution in [0.4, 0.5) is 0 Å². The number of hydrogen-bond acceptors (Lipinski definition) is 2. The van der Waals surface area contributed by atoms with Crippen molar-refractivity contribution in [3.05, 3.63) is 87.6 Å². The summed E-state index contributed by atoms with van der Waals surface area (Å²) < 4.78 is 0.0667. The largest absolute Gasteiger partial charge is 0.193 e. The van der Waals surface area contributed by atoms with Gasteiger partial charge >= 0.3 is 0 Å². The van der Waals surface area contributed by atoms with E-state index in [-0.39, 0.29) is 10.2 Å². The second kappa shape index (κ2) is 13.0. The number of nitriles is 1. The zero-order chi connectivity index (χ0) is 28.0. The number of hydrogen-bond donors (Lipinski definition) is 0. The van der Waals surface area contributed by atoms with E-state index in [2.05, 4.69) is 112 Å². The van der Waals surface area contributed by atoms with Gasteiger partial charge in [0.05, 0.1) is 6.07 Å². The van der Waals surface area contributed by atoms with Gasteiger partial charge in [0.15, 0.2) is 0 Å². The van der Waals surface area contributed by atoms with Gasteiger partial charge in [0, 0.05) is 20.6 Å². The maximum atomic E-state index is 10.1. The molecule has 0 spiro atoms. The molecule has 0 radical (unpaired) electrons. The first-order valence-electron chi connectivity index (χ1n) is 13.8. The van der Waals surface area contributed by atoms with Crippen LogP contribution in [0.25, 0.3) is 4.91 Å². The fourth-order valence-electron chi connectivity index (χ4n) is 4.62. The third-order valence-corrected chi connectivity index (χ3v) is 8.13. The Hall–Kier alpha value is -2.24. The summed E-state index contributed by atoms with van der Waals surface area (Å²) in [5.41, 5.74) is 10.2. The summed E-state index contributed by atoms with van der Waals surface area (Å²) in [6.45, 7) is 26.6. The third-order valence-electron chi connectivity index (χ3n) is 6.81. The van der Waals surface area contributed by atoms with Crippen molar-refractivity contribution in [3.63, 3.8) is 0 Å². The molecule has 0 aliphatic heterocycles. The van der Waals surface area contributed by atoms with E-state index >= 15 is 0 Å². The molecule has 1 aromatic rings. The van der Waals surface area contributed by atoms with Crippen LogP contribution in [0.1, 0.15) is 117 Å². The predicted molar refractivity (Wildman–Crippen MR) is 167 cm³/mol. The second-order valence-electron chi connectivity index (χ2n) is 12.7. The summed E-state index contributed by atoms with van der Waals surface area (Å²) >= 11 is 1.98. The number of nitrogens with zero attached hydrogens (tertiary/aromatic N) is 1. The Labute approximate surface area is 232 Å². The molecule has 0 bridgehead atoms. The van der Waals surface area contributed by atoms with Crippen LogP contribution in [0.3, 0.4) is 0 Å². The number of aryl methyl sites for hydroxylation is 1. The van der Waals surface area contributed by atoms with Gasteiger partial charge in [0.2, 0.25) is 0 Å². The van der Waals surface area contributed by atoms with Gasteiger partial charge in [0.25, 0.3) is 0 Å². The van der Waals surface area contributed by atoms with Crippen LogP contribution < -0.4 is 0 Å². The van der Waals surface area contributed by atoms with Crippen molar-refractivity contribution in [2.24, 2.45) is 5.41 Å². The van der Waals surface area contributed by atoms with Crippen molar-refractivity contribution in [1.82, 2.24) is 0 Å². The van der Waals surface area contributed by atoms with Crippen molar-refractivity contribution in [3.8, 4) is 6.07 Å². The summed E-state index contributed by atoms with van der Waals surface area (Å²) in [6, 6.07) is 9.57. The molecule has 0 amide bonds. The SMILES string of the molecule is C=C/C(=C\C=C(C)C)CC/C(CC(C)(C)C(C#N)=C1CC1)=C(/SC(C)(C)C)c1cc(C(C)C)ccc1C. The van der Waals surface area contributed by atoms with Gasteiger partial charge < -0.3 is 0 Å². The molecule has 0 heterocycles. The zero-order valence-corrected chi connectivity index (χ0v) is 26.0. The van der Waals surface area contributed by atoms with Crippen molar-refractivity contribution in [2.45, 2.75) is 112 Å². The maximum Gasteiger partial charge on any atom is 0.0952 e. The van der Waals surface area contributed by atoms with Crippen LogP contribution in [0.15, 0.2) is 70.9 Å². The van der Waals surface area contributed by atoms with Crippen LogP contribution in [0.5, 0.6) is 0 Å². The summed E-state index contributed by atoms with van der Waals surface area (Å²) in [7, 11) is 0.